The number of imidazole rings is 1. The molecule has 0 atom stereocenters. The van der Waals surface area contributed by atoms with Crippen LogP contribution in [0.5, 0.6) is 0 Å². The van der Waals surface area contributed by atoms with Gasteiger partial charge < -0.3 is 18.6 Å². The average molecular weight is 430 g/mol. The second-order valence-corrected chi connectivity index (χ2v) is 7.79. The topological polar surface area (TPSA) is 72.1 Å². The summed E-state index contributed by atoms with van der Waals surface area (Å²) in [5.41, 5.74) is 2.23. The molecule has 3 aromatic rings. The monoisotopic (exact) mass is 429 g/mol. The fourth-order valence-corrected chi connectivity index (χ4v) is 3.80. The zero-order valence-corrected chi connectivity index (χ0v) is 17.6. The minimum Gasteiger partial charge on any atom is -0.383 e. The highest BCUT2D eigenvalue weighted by Gasteiger charge is 2.23. The van der Waals surface area contributed by atoms with Gasteiger partial charge in [0, 0.05) is 71.0 Å². The van der Waals surface area contributed by atoms with Crippen molar-refractivity contribution in [1.82, 2.24) is 23.8 Å². The molecule has 1 amide bonds. The fraction of sp³-hybridized carbons (Fsp3) is 0.381. The molecule has 0 radical (unpaired) electrons. The van der Waals surface area contributed by atoms with E-state index >= 15 is 0 Å². The molecule has 1 aliphatic heterocycles. The molecule has 0 bridgehead atoms. The summed E-state index contributed by atoms with van der Waals surface area (Å²) in [6.45, 7) is 4.38. The van der Waals surface area contributed by atoms with Gasteiger partial charge in [-0.05, 0) is 18.2 Å². The number of amides is 1. The van der Waals surface area contributed by atoms with Gasteiger partial charge in [0.25, 0.3) is 11.5 Å². The molecule has 0 aliphatic carbocycles. The number of nitrogens with zero attached hydrogens (tertiary/aromatic N) is 5. The molecule has 0 unspecified atom stereocenters. The Morgan fingerprint density at radius 3 is 2.67 bits per heavy atom. The smallest absolute Gasteiger partial charge is 0.255 e. The number of halogens is 1. The van der Waals surface area contributed by atoms with Crippen LogP contribution in [0.4, 0.5) is 0 Å². The van der Waals surface area contributed by atoms with Crippen molar-refractivity contribution in [3.8, 4) is 0 Å². The van der Waals surface area contributed by atoms with E-state index in [0.717, 1.165) is 31.0 Å². The molecular weight excluding hydrogens is 406 g/mol. The molecule has 4 heterocycles. The molecule has 0 N–H and O–H groups in total. The summed E-state index contributed by atoms with van der Waals surface area (Å²) in [5, 5.41) is 0.673. The van der Waals surface area contributed by atoms with Gasteiger partial charge in [0.2, 0.25) is 0 Å². The third-order valence-corrected chi connectivity index (χ3v) is 5.50. The minimum atomic E-state index is -0.137. The Morgan fingerprint density at radius 1 is 1.10 bits per heavy atom. The lowest BCUT2D eigenvalue weighted by Gasteiger charge is -2.34. The molecule has 30 heavy (non-hydrogen) atoms. The summed E-state index contributed by atoms with van der Waals surface area (Å²) >= 11 is 6.04. The van der Waals surface area contributed by atoms with E-state index in [1.807, 2.05) is 33.8 Å². The van der Waals surface area contributed by atoms with Gasteiger partial charge in [-0.1, -0.05) is 11.6 Å². The fourth-order valence-electron chi connectivity index (χ4n) is 3.64. The number of pyridine rings is 2. The minimum absolute atomic E-state index is 0.0526. The first-order chi connectivity index (χ1) is 14.5. The highest BCUT2D eigenvalue weighted by molar-refractivity contribution is 6.30. The third kappa shape index (κ3) is 4.56. The lowest BCUT2D eigenvalue weighted by atomic mass is 10.2. The van der Waals surface area contributed by atoms with Crippen molar-refractivity contribution in [3.05, 3.63) is 69.5 Å². The molecule has 1 fully saturated rings. The lowest BCUT2D eigenvalue weighted by molar-refractivity contribution is 0.0626. The number of carbonyl (C=O) groups excluding carboxylic acids is 1. The summed E-state index contributed by atoms with van der Waals surface area (Å²) in [5.74, 6) is -0.0526. The van der Waals surface area contributed by atoms with Gasteiger partial charge in [-0.2, -0.15) is 0 Å². The molecule has 9 heteroatoms. The molecule has 8 nitrogen and oxygen atoms in total. The first kappa shape index (κ1) is 20.6. The molecule has 1 saturated heterocycles. The Kier molecular flexibility index (Phi) is 6.17. The number of carbonyl (C=O) groups is 1. The second-order valence-electron chi connectivity index (χ2n) is 7.36. The number of rotatable bonds is 6. The van der Waals surface area contributed by atoms with Gasteiger partial charge >= 0.3 is 0 Å². The first-order valence-corrected chi connectivity index (χ1v) is 10.3. The SMILES string of the molecule is COCCn1cc(C(=O)N2CCN(Cc3cn4cc(Cl)ccc4n3)CC2)ccc1=O. The van der Waals surface area contributed by atoms with Crippen LogP contribution in [-0.2, 0) is 17.8 Å². The van der Waals surface area contributed by atoms with E-state index in [0.29, 0.717) is 36.8 Å². The predicted molar refractivity (Wildman–Crippen MR) is 114 cm³/mol. The molecule has 0 aromatic carbocycles. The maximum atomic E-state index is 12.9. The highest BCUT2D eigenvalue weighted by atomic mass is 35.5. The van der Waals surface area contributed by atoms with E-state index in [9.17, 15) is 9.59 Å². The van der Waals surface area contributed by atoms with Gasteiger partial charge in [0.15, 0.2) is 0 Å². The maximum Gasteiger partial charge on any atom is 0.255 e. The van der Waals surface area contributed by atoms with Crippen LogP contribution in [0, 0.1) is 0 Å². The molecular formula is C21H24ClN5O3. The number of piperazine rings is 1. The molecule has 158 valence electrons. The number of fused-ring (bicyclic) bond motifs is 1. The van der Waals surface area contributed by atoms with Crippen LogP contribution in [0.3, 0.4) is 0 Å². The summed E-state index contributed by atoms with van der Waals surface area (Å²) in [6, 6.07) is 6.77. The summed E-state index contributed by atoms with van der Waals surface area (Å²) in [7, 11) is 1.58. The van der Waals surface area contributed by atoms with Crippen molar-refractivity contribution >= 4 is 23.2 Å². The number of aromatic nitrogens is 3. The van der Waals surface area contributed by atoms with E-state index in [-0.39, 0.29) is 11.5 Å². The average Bonchev–Trinajstić information content (AvgIpc) is 3.14. The van der Waals surface area contributed by atoms with Gasteiger partial charge in [-0.15, -0.1) is 0 Å². The maximum absolute atomic E-state index is 12.9. The molecule has 4 rings (SSSR count). The Hall–Kier alpha value is -2.68. The normalized spacial score (nSPS) is 15.1. The van der Waals surface area contributed by atoms with Gasteiger partial charge in [-0.3, -0.25) is 14.5 Å². The van der Waals surface area contributed by atoms with E-state index in [1.165, 1.54) is 10.6 Å². The Bertz CT molecular complexity index is 1100. The quantitative estimate of drug-likeness (QED) is 0.597. The van der Waals surface area contributed by atoms with Crippen molar-refractivity contribution in [2.75, 3.05) is 39.9 Å². The Balaban J connectivity index is 1.36. The van der Waals surface area contributed by atoms with Gasteiger partial charge in [0.05, 0.1) is 22.9 Å². The van der Waals surface area contributed by atoms with E-state index in [2.05, 4.69) is 9.88 Å². The van der Waals surface area contributed by atoms with Crippen molar-refractivity contribution < 1.29 is 9.53 Å². The zero-order valence-electron chi connectivity index (χ0n) is 16.8. The number of ether oxygens (including phenoxy) is 1. The number of hydrogen-bond acceptors (Lipinski definition) is 5. The van der Waals surface area contributed by atoms with Crippen molar-refractivity contribution in [2.45, 2.75) is 13.1 Å². The molecule has 1 aliphatic rings. The van der Waals surface area contributed by atoms with Crippen LogP contribution in [0.25, 0.3) is 5.65 Å². The van der Waals surface area contributed by atoms with E-state index < -0.39 is 0 Å². The lowest BCUT2D eigenvalue weighted by Crippen LogP contribution is -2.48. The number of hydrogen-bond donors (Lipinski definition) is 0. The Morgan fingerprint density at radius 2 is 1.90 bits per heavy atom. The second kappa shape index (κ2) is 8.99. The van der Waals surface area contributed by atoms with Crippen LogP contribution >= 0.6 is 11.6 Å². The first-order valence-electron chi connectivity index (χ1n) is 9.88. The van der Waals surface area contributed by atoms with Crippen LogP contribution < -0.4 is 5.56 Å². The van der Waals surface area contributed by atoms with Crippen LogP contribution in [0.1, 0.15) is 16.1 Å². The molecule has 0 saturated carbocycles. The zero-order chi connectivity index (χ0) is 21.1. The summed E-state index contributed by atoms with van der Waals surface area (Å²) in [6.07, 6.45) is 5.45. The van der Waals surface area contributed by atoms with Gasteiger partial charge in [0.1, 0.15) is 5.65 Å². The van der Waals surface area contributed by atoms with E-state index in [4.69, 9.17) is 16.3 Å². The molecule has 3 aromatic heterocycles. The van der Waals surface area contributed by atoms with Crippen LogP contribution in [0.2, 0.25) is 5.02 Å². The summed E-state index contributed by atoms with van der Waals surface area (Å²) in [4.78, 5) is 33.6. The summed E-state index contributed by atoms with van der Waals surface area (Å²) < 4.78 is 8.47. The van der Waals surface area contributed by atoms with Crippen molar-refractivity contribution in [3.63, 3.8) is 0 Å². The van der Waals surface area contributed by atoms with Crippen molar-refractivity contribution in [1.29, 1.82) is 0 Å². The Labute approximate surface area is 179 Å². The number of methoxy groups -OCH3 is 1. The van der Waals surface area contributed by atoms with Crippen LogP contribution in [-0.4, -0.2) is 69.6 Å². The van der Waals surface area contributed by atoms with E-state index in [1.54, 1.807) is 19.4 Å². The third-order valence-electron chi connectivity index (χ3n) is 5.28. The standard InChI is InChI=1S/C21H24ClN5O3/c1-30-11-10-26-12-16(2-5-20(26)28)21(29)25-8-6-24(7-9-25)14-18-15-27-13-17(22)3-4-19(27)23-18/h2-5,12-13,15H,6-11,14H2,1H3. The van der Waals surface area contributed by atoms with Crippen LogP contribution in [0.15, 0.2) is 47.7 Å². The van der Waals surface area contributed by atoms with Crippen molar-refractivity contribution in [2.24, 2.45) is 0 Å². The molecule has 0 spiro atoms. The van der Waals surface area contributed by atoms with Gasteiger partial charge in [-0.25, -0.2) is 4.98 Å². The highest BCUT2D eigenvalue weighted by Crippen LogP contribution is 2.14. The largest absolute Gasteiger partial charge is 0.383 e. The predicted octanol–water partition coefficient (Wildman–Crippen LogP) is 1.75.